The Morgan fingerprint density at radius 2 is 1.88 bits per heavy atom. The molecule has 0 unspecified atom stereocenters. The van der Waals surface area contributed by atoms with E-state index in [1.807, 2.05) is 12.1 Å². The zero-order valence-electron chi connectivity index (χ0n) is 13.6. The monoisotopic (exact) mass is 364 g/mol. The zero-order chi connectivity index (χ0) is 17.5. The second kappa shape index (κ2) is 6.14. The van der Waals surface area contributed by atoms with Crippen molar-refractivity contribution in [2.45, 2.75) is 29.1 Å². The Bertz CT molecular complexity index is 1090. The SMILES string of the molecule is Fc1ccc2ncnc(Sc3nnc(-c4ccncc4)n3C3CC3)c2c1. The van der Waals surface area contributed by atoms with Gasteiger partial charge in [-0.25, -0.2) is 14.4 Å². The molecule has 0 bridgehead atoms. The first kappa shape index (κ1) is 15.4. The molecule has 0 amide bonds. The molecule has 0 atom stereocenters. The second-order valence-corrected chi connectivity index (χ2v) is 7.04. The maximum absolute atomic E-state index is 13.7. The molecule has 1 aliphatic carbocycles. The van der Waals surface area contributed by atoms with Crippen LogP contribution in [0, 0.1) is 5.82 Å². The van der Waals surface area contributed by atoms with Gasteiger partial charge in [-0.1, -0.05) is 0 Å². The predicted molar refractivity (Wildman–Crippen MR) is 95.1 cm³/mol. The third-order valence-corrected chi connectivity index (χ3v) is 5.24. The van der Waals surface area contributed by atoms with Gasteiger partial charge in [-0.05, 0) is 54.9 Å². The molecule has 6 nitrogen and oxygen atoms in total. The van der Waals surface area contributed by atoms with E-state index in [2.05, 4.69) is 29.7 Å². The minimum atomic E-state index is -0.310. The number of halogens is 1. The summed E-state index contributed by atoms with van der Waals surface area (Å²) in [5.74, 6) is 0.511. The first-order valence-corrected chi connectivity index (χ1v) is 9.04. The quantitative estimate of drug-likeness (QED) is 0.512. The second-order valence-electron chi connectivity index (χ2n) is 6.09. The largest absolute Gasteiger partial charge is 0.299 e. The Kier molecular flexibility index (Phi) is 3.63. The Morgan fingerprint density at radius 1 is 1.04 bits per heavy atom. The molecule has 26 heavy (non-hydrogen) atoms. The summed E-state index contributed by atoms with van der Waals surface area (Å²) in [6.45, 7) is 0. The summed E-state index contributed by atoms with van der Waals surface area (Å²) >= 11 is 1.39. The summed E-state index contributed by atoms with van der Waals surface area (Å²) in [7, 11) is 0. The van der Waals surface area contributed by atoms with Crippen molar-refractivity contribution in [3.05, 3.63) is 54.9 Å². The van der Waals surface area contributed by atoms with Gasteiger partial charge in [0.1, 0.15) is 17.2 Å². The van der Waals surface area contributed by atoms with Crippen molar-refractivity contribution < 1.29 is 4.39 Å². The highest BCUT2D eigenvalue weighted by molar-refractivity contribution is 7.99. The normalized spacial score (nSPS) is 14.0. The van der Waals surface area contributed by atoms with Gasteiger partial charge in [0.05, 0.1) is 5.52 Å². The van der Waals surface area contributed by atoms with Crippen LogP contribution in [0.25, 0.3) is 22.3 Å². The average Bonchev–Trinajstić information content (AvgIpc) is 3.43. The van der Waals surface area contributed by atoms with E-state index in [0.717, 1.165) is 29.4 Å². The van der Waals surface area contributed by atoms with E-state index < -0.39 is 0 Å². The minimum Gasteiger partial charge on any atom is -0.299 e. The highest BCUT2D eigenvalue weighted by Gasteiger charge is 2.30. The van der Waals surface area contributed by atoms with Gasteiger partial charge in [-0.3, -0.25) is 9.55 Å². The summed E-state index contributed by atoms with van der Waals surface area (Å²) in [6.07, 6.45) is 7.18. The highest BCUT2D eigenvalue weighted by atomic mass is 32.2. The molecule has 0 spiro atoms. The van der Waals surface area contributed by atoms with Crippen molar-refractivity contribution >= 4 is 22.7 Å². The summed E-state index contributed by atoms with van der Waals surface area (Å²) in [5.41, 5.74) is 1.68. The van der Waals surface area contributed by atoms with E-state index >= 15 is 0 Å². The summed E-state index contributed by atoms with van der Waals surface area (Å²) in [4.78, 5) is 12.6. The Labute approximate surface area is 152 Å². The molecular weight excluding hydrogens is 351 g/mol. The third kappa shape index (κ3) is 2.72. The maximum atomic E-state index is 13.7. The van der Waals surface area contributed by atoms with Gasteiger partial charge < -0.3 is 0 Å². The number of fused-ring (bicyclic) bond motifs is 1. The Hall–Kier alpha value is -2.87. The molecule has 3 aromatic heterocycles. The van der Waals surface area contributed by atoms with Crippen LogP contribution in [0.5, 0.6) is 0 Å². The molecule has 1 saturated carbocycles. The van der Waals surface area contributed by atoms with E-state index in [1.54, 1.807) is 18.5 Å². The van der Waals surface area contributed by atoms with Gasteiger partial charge in [-0.15, -0.1) is 10.2 Å². The first-order valence-electron chi connectivity index (χ1n) is 8.23. The summed E-state index contributed by atoms with van der Waals surface area (Å²) < 4.78 is 15.8. The van der Waals surface area contributed by atoms with Crippen LogP contribution >= 0.6 is 11.8 Å². The summed E-state index contributed by atoms with van der Waals surface area (Å²) in [5, 5.41) is 10.9. The molecule has 1 aromatic carbocycles. The third-order valence-electron chi connectivity index (χ3n) is 4.26. The van der Waals surface area contributed by atoms with Gasteiger partial charge in [0.2, 0.25) is 0 Å². The number of nitrogens with zero attached hydrogens (tertiary/aromatic N) is 6. The smallest absolute Gasteiger partial charge is 0.198 e. The number of pyridine rings is 1. The number of hydrogen-bond donors (Lipinski definition) is 0. The molecule has 0 aliphatic heterocycles. The number of benzene rings is 1. The molecule has 1 fully saturated rings. The highest BCUT2D eigenvalue weighted by Crippen LogP contribution is 2.42. The van der Waals surface area contributed by atoms with E-state index in [9.17, 15) is 4.39 Å². The average molecular weight is 364 g/mol. The molecule has 0 saturated heterocycles. The van der Waals surface area contributed by atoms with Crippen molar-refractivity contribution in [2.75, 3.05) is 0 Å². The topological polar surface area (TPSA) is 69.4 Å². The molecular formula is C18H13FN6S. The van der Waals surface area contributed by atoms with Crippen LogP contribution in [0.4, 0.5) is 4.39 Å². The lowest BCUT2D eigenvalue weighted by Gasteiger charge is -2.09. The minimum absolute atomic E-state index is 0.310. The fraction of sp³-hybridized carbons (Fsp3) is 0.167. The van der Waals surface area contributed by atoms with E-state index in [0.29, 0.717) is 22.0 Å². The predicted octanol–water partition coefficient (Wildman–Crippen LogP) is 3.91. The fourth-order valence-electron chi connectivity index (χ4n) is 2.88. The molecule has 8 heteroatoms. The molecule has 4 aromatic rings. The van der Waals surface area contributed by atoms with Crippen LogP contribution in [0.3, 0.4) is 0 Å². The lowest BCUT2D eigenvalue weighted by Crippen LogP contribution is -2.00. The molecule has 0 N–H and O–H groups in total. The van der Waals surface area contributed by atoms with Crippen LogP contribution in [-0.2, 0) is 0 Å². The molecule has 5 rings (SSSR count). The van der Waals surface area contributed by atoms with Crippen molar-refractivity contribution in [1.82, 2.24) is 29.7 Å². The number of aromatic nitrogens is 6. The first-order chi connectivity index (χ1) is 12.8. The molecule has 0 radical (unpaired) electrons. The van der Waals surface area contributed by atoms with Crippen LogP contribution < -0.4 is 0 Å². The Balaban J connectivity index is 1.60. The molecule has 128 valence electrons. The van der Waals surface area contributed by atoms with Crippen molar-refractivity contribution in [3.63, 3.8) is 0 Å². The van der Waals surface area contributed by atoms with Crippen LogP contribution in [-0.4, -0.2) is 29.7 Å². The van der Waals surface area contributed by atoms with Crippen LogP contribution in [0.1, 0.15) is 18.9 Å². The standard InChI is InChI=1S/C18H13FN6S/c19-12-1-4-15-14(9-12)17(22-10-21-15)26-18-24-23-16(25(18)13-2-3-13)11-5-7-20-8-6-11/h1,4-10,13H,2-3H2. The summed E-state index contributed by atoms with van der Waals surface area (Å²) in [6, 6.07) is 8.75. The van der Waals surface area contributed by atoms with Crippen molar-refractivity contribution in [1.29, 1.82) is 0 Å². The molecule has 3 heterocycles. The fourth-order valence-corrected chi connectivity index (χ4v) is 3.84. The van der Waals surface area contributed by atoms with Gasteiger partial charge in [0.25, 0.3) is 0 Å². The van der Waals surface area contributed by atoms with Crippen LogP contribution in [0.15, 0.2) is 59.2 Å². The maximum Gasteiger partial charge on any atom is 0.198 e. The zero-order valence-corrected chi connectivity index (χ0v) is 14.4. The van der Waals surface area contributed by atoms with Crippen molar-refractivity contribution in [2.24, 2.45) is 0 Å². The lowest BCUT2D eigenvalue weighted by atomic mass is 10.2. The lowest BCUT2D eigenvalue weighted by molar-refractivity contribution is 0.629. The van der Waals surface area contributed by atoms with E-state index in [1.165, 1.54) is 30.2 Å². The van der Waals surface area contributed by atoms with E-state index in [-0.39, 0.29) is 5.82 Å². The number of rotatable bonds is 4. The number of hydrogen-bond acceptors (Lipinski definition) is 6. The van der Waals surface area contributed by atoms with E-state index in [4.69, 9.17) is 0 Å². The van der Waals surface area contributed by atoms with Gasteiger partial charge in [0, 0.05) is 29.4 Å². The van der Waals surface area contributed by atoms with Gasteiger partial charge in [-0.2, -0.15) is 0 Å². The van der Waals surface area contributed by atoms with Gasteiger partial charge >= 0.3 is 0 Å². The Morgan fingerprint density at radius 3 is 2.69 bits per heavy atom. The molecule has 1 aliphatic rings. The van der Waals surface area contributed by atoms with Crippen LogP contribution in [0.2, 0.25) is 0 Å². The van der Waals surface area contributed by atoms with Crippen molar-refractivity contribution in [3.8, 4) is 11.4 Å². The van der Waals surface area contributed by atoms with Gasteiger partial charge in [0.15, 0.2) is 11.0 Å².